The Labute approximate surface area is 145 Å². The van der Waals surface area contributed by atoms with Gasteiger partial charge in [-0.3, -0.25) is 14.9 Å². The third-order valence-electron chi connectivity index (χ3n) is 4.26. The maximum absolute atomic E-state index is 12.8. The molecule has 0 bridgehead atoms. The van der Waals surface area contributed by atoms with Crippen LogP contribution in [0.2, 0.25) is 0 Å². The normalized spacial score (nSPS) is 12.3. The molecule has 0 spiro atoms. The topological polar surface area (TPSA) is 77.5 Å². The van der Waals surface area contributed by atoms with Crippen LogP contribution in [-0.2, 0) is 0 Å². The van der Waals surface area contributed by atoms with Crippen LogP contribution in [-0.4, -0.2) is 14.3 Å². The molecule has 0 atom stereocenters. The van der Waals surface area contributed by atoms with Crippen molar-refractivity contribution >= 4 is 39.1 Å². The fourth-order valence-corrected chi connectivity index (χ4v) is 3.75. The Morgan fingerprint density at radius 2 is 1.84 bits per heavy atom. The molecule has 4 rings (SSSR count). The Kier molecular flexibility index (Phi) is 3.40. The fraction of sp³-hybridized carbons (Fsp3) is 0.111. The van der Waals surface area contributed by atoms with E-state index in [1.54, 1.807) is 22.6 Å². The van der Waals surface area contributed by atoms with Gasteiger partial charge in [-0.05, 0) is 60.9 Å². The first-order chi connectivity index (χ1) is 11.9. The second-order valence-corrected chi connectivity index (χ2v) is 6.93. The minimum Gasteiger partial charge on any atom is -0.267 e. The lowest BCUT2D eigenvalue weighted by Gasteiger charge is -1.98. The van der Waals surface area contributed by atoms with Gasteiger partial charge >= 0.3 is 0 Å². The quantitative estimate of drug-likeness (QED) is 0.411. The SMILES string of the molecule is Cc1cc2nc3s/c(=C\c4ccc([N+](=O)[O-])cc4)c(=O)n3c2cc1C. The monoisotopic (exact) mass is 351 g/mol. The van der Waals surface area contributed by atoms with Crippen LogP contribution >= 0.6 is 11.3 Å². The van der Waals surface area contributed by atoms with Crippen molar-refractivity contribution in [2.45, 2.75) is 13.8 Å². The van der Waals surface area contributed by atoms with Gasteiger partial charge in [0.05, 0.1) is 20.5 Å². The molecule has 0 fully saturated rings. The molecule has 2 aromatic heterocycles. The number of thiazole rings is 1. The lowest BCUT2D eigenvalue weighted by atomic mass is 10.1. The lowest BCUT2D eigenvalue weighted by Crippen LogP contribution is -2.22. The maximum Gasteiger partial charge on any atom is 0.274 e. The van der Waals surface area contributed by atoms with Crippen molar-refractivity contribution in [2.24, 2.45) is 0 Å². The molecule has 0 aliphatic heterocycles. The Morgan fingerprint density at radius 3 is 2.52 bits per heavy atom. The van der Waals surface area contributed by atoms with Crippen LogP contribution in [0.15, 0.2) is 41.2 Å². The molecule has 0 amide bonds. The maximum atomic E-state index is 12.8. The number of aryl methyl sites for hydroxylation is 2. The van der Waals surface area contributed by atoms with Gasteiger partial charge in [-0.1, -0.05) is 11.3 Å². The molecule has 0 radical (unpaired) electrons. The highest BCUT2D eigenvalue weighted by Gasteiger charge is 2.12. The standard InChI is InChI=1S/C18H13N3O3S/c1-10-7-14-15(8-11(10)2)20-17(22)16(25-18(20)19-14)9-12-3-5-13(6-4-12)21(23)24/h3-9H,1-2H3/b16-9-. The van der Waals surface area contributed by atoms with Crippen molar-refractivity contribution in [3.05, 3.63) is 78.1 Å². The van der Waals surface area contributed by atoms with Crippen LogP contribution in [0, 0.1) is 24.0 Å². The summed E-state index contributed by atoms with van der Waals surface area (Å²) in [7, 11) is 0. The van der Waals surface area contributed by atoms with Crippen molar-refractivity contribution in [3.63, 3.8) is 0 Å². The van der Waals surface area contributed by atoms with E-state index in [2.05, 4.69) is 4.98 Å². The van der Waals surface area contributed by atoms with Gasteiger partial charge in [0.2, 0.25) is 0 Å². The van der Waals surface area contributed by atoms with Gasteiger partial charge in [0.1, 0.15) is 0 Å². The second kappa shape index (κ2) is 5.49. The van der Waals surface area contributed by atoms with Crippen molar-refractivity contribution in [3.8, 4) is 0 Å². The number of nitro benzene ring substituents is 1. The Hall–Kier alpha value is -3.06. The molecule has 0 aliphatic carbocycles. The summed E-state index contributed by atoms with van der Waals surface area (Å²) in [5, 5.41) is 10.7. The fourth-order valence-electron chi connectivity index (χ4n) is 2.76. The van der Waals surface area contributed by atoms with E-state index in [0.717, 1.165) is 27.7 Å². The highest BCUT2D eigenvalue weighted by atomic mass is 32.1. The van der Waals surface area contributed by atoms with Gasteiger partial charge in [0, 0.05) is 12.1 Å². The van der Waals surface area contributed by atoms with Gasteiger partial charge in [-0.25, -0.2) is 9.38 Å². The number of non-ortho nitro benzene ring substituents is 1. The highest BCUT2D eigenvalue weighted by molar-refractivity contribution is 7.15. The van der Waals surface area contributed by atoms with Crippen LogP contribution in [0.1, 0.15) is 16.7 Å². The molecule has 4 aromatic rings. The second-order valence-electron chi connectivity index (χ2n) is 5.92. The molecule has 7 heteroatoms. The number of nitro groups is 1. The highest BCUT2D eigenvalue weighted by Crippen LogP contribution is 2.20. The molecular weight excluding hydrogens is 338 g/mol. The van der Waals surface area contributed by atoms with E-state index in [1.807, 2.05) is 26.0 Å². The van der Waals surface area contributed by atoms with Gasteiger partial charge < -0.3 is 0 Å². The first kappa shape index (κ1) is 15.5. The van der Waals surface area contributed by atoms with E-state index in [-0.39, 0.29) is 11.2 Å². The van der Waals surface area contributed by atoms with Crippen molar-refractivity contribution in [2.75, 3.05) is 0 Å². The van der Waals surface area contributed by atoms with Gasteiger partial charge in [-0.15, -0.1) is 0 Å². The Morgan fingerprint density at radius 1 is 1.16 bits per heavy atom. The molecule has 2 heterocycles. The van der Waals surface area contributed by atoms with Crippen molar-refractivity contribution in [1.82, 2.24) is 9.38 Å². The molecule has 0 unspecified atom stereocenters. The number of fused-ring (bicyclic) bond motifs is 3. The summed E-state index contributed by atoms with van der Waals surface area (Å²) in [5.74, 6) is 0. The average Bonchev–Trinajstić information content (AvgIpc) is 3.05. The number of imidazole rings is 1. The summed E-state index contributed by atoms with van der Waals surface area (Å²) in [6, 6.07) is 10.1. The molecule has 0 saturated heterocycles. The molecule has 0 N–H and O–H groups in total. The van der Waals surface area contributed by atoms with E-state index >= 15 is 0 Å². The van der Waals surface area contributed by atoms with Crippen LogP contribution in [0.4, 0.5) is 5.69 Å². The number of hydrogen-bond donors (Lipinski definition) is 0. The molecule has 124 valence electrons. The Bertz CT molecular complexity index is 1250. The number of nitrogens with zero attached hydrogens (tertiary/aromatic N) is 3. The number of hydrogen-bond acceptors (Lipinski definition) is 5. The smallest absolute Gasteiger partial charge is 0.267 e. The van der Waals surface area contributed by atoms with E-state index < -0.39 is 4.92 Å². The summed E-state index contributed by atoms with van der Waals surface area (Å²) < 4.78 is 2.18. The summed E-state index contributed by atoms with van der Waals surface area (Å²) in [4.78, 5) is 28.2. The summed E-state index contributed by atoms with van der Waals surface area (Å²) in [6.45, 7) is 4.03. The minimum atomic E-state index is -0.446. The van der Waals surface area contributed by atoms with E-state index in [9.17, 15) is 14.9 Å². The minimum absolute atomic E-state index is 0.0253. The molecule has 2 aromatic carbocycles. The van der Waals surface area contributed by atoms with E-state index in [4.69, 9.17) is 0 Å². The van der Waals surface area contributed by atoms with Crippen LogP contribution in [0.3, 0.4) is 0 Å². The van der Waals surface area contributed by atoms with E-state index in [0.29, 0.717) is 9.49 Å². The van der Waals surface area contributed by atoms with Gasteiger partial charge in [-0.2, -0.15) is 0 Å². The van der Waals surface area contributed by atoms with Gasteiger partial charge in [0.25, 0.3) is 11.2 Å². The molecule has 6 nitrogen and oxygen atoms in total. The lowest BCUT2D eigenvalue weighted by molar-refractivity contribution is -0.384. The van der Waals surface area contributed by atoms with Crippen LogP contribution in [0.5, 0.6) is 0 Å². The van der Waals surface area contributed by atoms with Crippen molar-refractivity contribution in [1.29, 1.82) is 0 Å². The van der Waals surface area contributed by atoms with Crippen LogP contribution in [0.25, 0.3) is 22.1 Å². The number of benzene rings is 2. The average molecular weight is 351 g/mol. The zero-order chi connectivity index (χ0) is 17.7. The first-order valence-electron chi connectivity index (χ1n) is 7.62. The predicted octanol–water partition coefficient (Wildman–Crippen LogP) is 2.98. The number of aromatic nitrogens is 2. The molecule has 0 saturated carbocycles. The molecule has 0 aliphatic rings. The third-order valence-corrected chi connectivity index (χ3v) is 5.22. The largest absolute Gasteiger partial charge is 0.274 e. The zero-order valence-corrected chi connectivity index (χ0v) is 14.3. The van der Waals surface area contributed by atoms with Gasteiger partial charge in [0.15, 0.2) is 4.96 Å². The third kappa shape index (κ3) is 2.49. The molecule has 25 heavy (non-hydrogen) atoms. The van der Waals surface area contributed by atoms with E-state index in [1.165, 1.54) is 23.5 Å². The number of rotatable bonds is 2. The zero-order valence-electron chi connectivity index (χ0n) is 13.5. The first-order valence-corrected chi connectivity index (χ1v) is 8.44. The summed E-state index contributed by atoms with van der Waals surface area (Å²) in [6.07, 6.45) is 1.73. The molecular formula is C18H13N3O3S. The predicted molar refractivity (Wildman–Crippen MR) is 98.2 cm³/mol. The Balaban J connectivity index is 1.91. The summed E-state index contributed by atoms with van der Waals surface area (Å²) in [5.41, 5.74) is 4.52. The summed E-state index contributed by atoms with van der Waals surface area (Å²) >= 11 is 1.32. The van der Waals surface area contributed by atoms with Crippen LogP contribution < -0.4 is 10.1 Å². The van der Waals surface area contributed by atoms with Crippen molar-refractivity contribution < 1.29 is 4.92 Å².